The molecular formula is C22H15ClF4N6O2. The predicted molar refractivity (Wildman–Crippen MR) is 120 cm³/mol. The number of halogens is 5. The highest BCUT2D eigenvalue weighted by Crippen LogP contribution is 2.36. The number of amides is 2. The van der Waals surface area contributed by atoms with Crippen molar-refractivity contribution in [1.29, 1.82) is 0 Å². The summed E-state index contributed by atoms with van der Waals surface area (Å²) in [6.07, 6.45) is -1.85. The van der Waals surface area contributed by atoms with Crippen LogP contribution in [0.25, 0.3) is 11.5 Å². The largest absolute Gasteiger partial charge is 0.454 e. The average Bonchev–Trinajstić information content (AvgIpc) is 3.22. The van der Waals surface area contributed by atoms with Gasteiger partial charge in [0.25, 0.3) is 0 Å². The third-order valence-corrected chi connectivity index (χ3v) is 4.95. The summed E-state index contributed by atoms with van der Waals surface area (Å²) in [6.45, 7) is 0. The van der Waals surface area contributed by atoms with E-state index < -0.39 is 28.6 Å². The van der Waals surface area contributed by atoms with E-state index in [2.05, 4.69) is 25.7 Å². The molecule has 35 heavy (non-hydrogen) atoms. The number of benzene rings is 2. The van der Waals surface area contributed by atoms with E-state index in [1.807, 2.05) is 0 Å². The van der Waals surface area contributed by atoms with Crippen LogP contribution in [0.4, 0.5) is 33.7 Å². The first kappa shape index (κ1) is 24.0. The molecule has 0 spiro atoms. The molecule has 13 heteroatoms. The van der Waals surface area contributed by atoms with Gasteiger partial charge in [-0.2, -0.15) is 18.3 Å². The lowest BCUT2D eigenvalue weighted by atomic mass is 10.2. The quantitative estimate of drug-likeness (QED) is 0.318. The van der Waals surface area contributed by atoms with E-state index in [1.165, 1.54) is 41.5 Å². The van der Waals surface area contributed by atoms with Crippen molar-refractivity contribution in [1.82, 2.24) is 19.7 Å². The van der Waals surface area contributed by atoms with Crippen LogP contribution in [0.5, 0.6) is 11.5 Å². The minimum Gasteiger partial charge on any atom is -0.454 e. The second kappa shape index (κ2) is 9.58. The topological polar surface area (TPSA) is 94.0 Å². The van der Waals surface area contributed by atoms with Gasteiger partial charge in [-0.05, 0) is 36.4 Å². The summed E-state index contributed by atoms with van der Waals surface area (Å²) in [7, 11) is 1.70. The van der Waals surface area contributed by atoms with Crippen molar-refractivity contribution in [3.05, 3.63) is 77.5 Å². The molecule has 0 saturated carbocycles. The molecule has 8 nitrogen and oxygen atoms in total. The Labute approximate surface area is 200 Å². The van der Waals surface area contributed by atoms with Crippen molar-refractivity contribution in [3.8, 4) is 23.0 Å². The van der Waals surface area contributed by atoms with Crippen LogP contribution >= 0.6 is 11.6 Å². The second-order valence-corrected chi connectivity index (χ2v) is 7.51. The van der Waals surface area contributed by atoms with Gasteiger partial charge < -0.3 is 15.4 Å². The molecule has 2 amide bonds. The molecule has 2 N–H and O–H groups in total. The molecule has 0 aliphatic rings. The van der Waals surface area contributed by atoms with Crippen LogP contribution in [0, 0.1) is 5.82 Å². The van der Waals surface area contributed by atoms with Gasteiger partial charge in [0.2, 0.25) is 0 Å². The molecule has 0 unspecified atom stereocenters. The third-order valence-electron chi connectivity index (χ3n) is 4.62. The highest BCUT2D eigenvalue weighted by Gasteiger charge is 2.33. The minimum atomic E-state index is -4.69. The molecule has 0 fully saturated rings. The van der Waals surface area contributed by atoms with Crippen LogP contribution in [-0.4, -0.2) is 25.8 Å². The number of ether oxygens (including phenoxy) is 1. The van der Waals surface area contributed by atoms with E-state index in [9.17, 15) is 22.4 Å². The Hall–Kier alpha value is -4.19. The minimum absolute atomic E-state index is 0.0480. The van der Waals surface area contributed by atoms with Gasteiger partial charge >= 0.3 is 12.2 Å². The normalized spacial score (nSPS) is 11.3. The smallest absolute Gasteiger partial charge is 0.417 e. The number of carbonyl (C=O) groups is 1. The lowest BCUT2D eigenvalue weighted by Crippen LogP contribution is -2.20. The molecule has 0 atom stereocenters. The lowest BCUT2D eigenvalue weighted by molar-refractivity contribution is -0.137. The van der Waals surface area contributed by atoms with Crippen molar-refractivity contribution in [3.63, 3.8) is 0 Å². The first-order chi connectivity index (χ1) is 16.6. The van der Waals surface area contributed by atoms with Crippen LogP contribution in [0.2, 0.25) is 5.02 Å². The van der Waals surface area contributed by atoms with E-state index in [-0.39, 0.29) is 17.1 Å². The summed E-state index contributed by atoms with van der Waals surface area (Å²) in [6, 6.07) is 8.79. The maximum atomic E-state index is 14.6. The van der Waals surface area contributed by atoms with Crippen molar-refractivity contribution in [2.24, 2.45) is 7.05 Å². The molecule has 0 aliphatic heterocycles. The number of aromatic nitrogens is 4. The van der Waals surface area contributed by atoms with Crippen LogP contribution in [0.3, 0.4) is 0 Å². The maximum absolute atomic E-state index is 14.6. The van der Waals surface area contributed by atoms with Crippen molar-refractivity contribution >= 4 is 29.0 Å². The molecular weight excluding hydrogens is 492 g/mol. The number of hydrogen-bond acceptors (Lipinski definition) is 5. The second-order valence-electron chi connectivity index (χ2n) is 7.10. The van der Waals surface area contributed by atoms with Crippen LogP contribution in [0.1, 0.15) is 5.56 Å². The van der Waals surface area contributed by atoms with Gasteiger partial charge in [-0.15, -0.1) is 0 Å². The Morgan fingerprint density at radius 1 is 1.03 bits per heavy atom. The number of hydrogen-bond donors (Lipinski definition) is 2. The summed E-state index contributed by atoms with van der Waals surface area (Å²) >= 11 is 5.57. The summed E-state index contributed by atoms with van der Waals surface area (Å²) in [5.74, 6) is -0.132. The molecule has 2 heterocycles. The number of pyridine rings is 1. The van der Waals surface area contributed by atoms with Gasteiger partial charge in [-0.25, -0.2) is 18.9 Å². The highest BCUT2D eigenvalue weighted by molar-refractivity contribution is 6.31. The van der Waals surface area contributed by atoms with Gasteiger partial charge in [-0.1, -0.05) is 11.6 Å². The zero-order chi connectivity index (χ0) is 25.2. The number of nitrogens with one attached hydrogen (secondary N) is 2. The van der Waals surface area contributed by atoms with Crippen LogP contribution < -0.4 is 15.4 Å². The fraction of sp³-hybridized carbons (Fsp3) is 0.0909. The summed E-state index contributed by atoms with van der Waals surface area (Å²) < 4.78 is 60.7. The molecule has 2 aromatic carbocycles. The Balaban J connectivity index is 1.44. The number of rotatable bonds is 5. The Kier molecular flexibility index (Phi) is 6.56. The predicted octanol–water partition coefficient (Wildman–Crippen LogP) is 6.12. The molecule has 0 radical (unpaired) electrons. The van der Waals surface area contributed by atoms with Gasteiger partial charge in [0.1, 0.15) is 17.8 Å². The monoisotopic (exact) mass is 506 g/mol. The van der Waals surface area contributed by atoms with Gasteiger partial charge in [-0.3, -0.25) is 4.98 Å². The van der Waals surface area contributed by atoms with Gasteiger partial charge in [0.15, 0.2) is 17.4 Å². The zero-order valence-corrected chi connectivity index (χ0v) is 18.5. The summed E-state index contributed by atoms with van der Waals surface area (Å²) in [4.78, 5) is 20.5. The van der Waals surface area contributed by atoms with E-state index in [0.29, 0.717) is 23.3 Å². The van der Waals surface area contributed by atoms with E-state index in [1.54, 1.807) is 13.1 Å². The fourth-order valence-corrected chi connectivity index (χ4v) is 3.25. The Morgan fingerprint density at radius 3 is 2.40 bits per heavy atom. The third kappa shape index (κ3) is 5.66. The van der Waals surface area contributed by atoms with Gasteiger partial charge in [0.05, 0.1) is 10.6 Å². The van der Waals surface area contributed by atoms with E-state index in [4.69, 9.17) is 16.3 Å². The SMILES string of the molecule is Cn1ncnc1-c1cc(Oc2ccc(NC(=O)Nc3ccc(Cl)c(C(F)(F)F)c3)cc2F)ccn1. The molecule has 0 saturated heterocycles. The molecule has 4 aromatic rings. The van der Waals surface area contributed by atoms with Crippen molar-refractivity contribution in [2.75, 3.05) is 10.6 Å². The molecule has 2 aromatic heterocycles. The molecule has 180 valence electrons. The molecule has 4 rings (SSSR count). The highest BCUT2D eigenvalue weighted by atomic mass is 35.5. The number of nitrogens with zero attached hydrogens (tertiary/aromatic N) is 4. The number of urea groups is 1. The van der Waals surface area contributed by atoms with Gasteiger partial charge in [0, 0.05) is 36.8 Å². The van der Waals surface area contributed by atoms with E-state index in [0.717, 1.165) is 12.1 Å². The van der Waals surface area contributed by atoms with Crippen molar-refractivity contribution < 1.29 is 27.1 Å². The summed E-state index contributed by atoms with van der Waals surface area (Å²) in [5, 5.41) is 8.05. The maximum Gasteiger partial charge on any atom is 0.417 e. The fourth-order valence-electron chi connectivity index (χ4n) is 3.03. The van der Waals surface area contributed by atoms with E-state index >= 15 is 0 Å². The standard InChI is InChI=1S/C22H15ClF4N6O2/c1-33-20(29-11-30-33)18-10-14(6-7-28-18)35-19-5-3-13(9-17(19)24)32-21(34)31-12-2-4-16(23)15(8-12)22(25,26)27/h2-11H,1H3,(H2,31,32,34). The molecule has 0 aliphatic carbocycles. The summed E-state index contributed by atoms with van der Waals surface area (Å²) in [5.41, 5.74) is -0.723. The average molecular weight is 507 g/mol. The zero-order valence-electron chi connectivity index (χ0n) is 17.8. The van der Waals surface area contributed by atoms with Crippen LogP contribution in [-0.2, 0) is 13.2 Å². The first-order valence-electron chi connectivity index (χ1n) is 9.83. The van der Waals surface area contributed by atoms with Crippen LogP contribution in [0.15, 0.2) is 61.1 Å². The van der Waals surface area contributed by atoms with Crippen molar-refractivity contribution in [2.45, 2.75) is 6.18 Å². The Bertz CT molecular complexity index is 1390. The number of carbonyl (C=O) groups excluding carboxylic acids is 1. The number of aryl methyl sites for hydroxylation is 1. The number of alkyl halides is 3. The molecule has 0 bridgehead atoms. The lowest BCUT2D eigenvalue weighted by Gasteiger charge is -2.13. The Morgan fingerprint density at radius 2 is 1.74 bits per heavy atom. The number of anilines is 2. The first-order valence-corrected chi connectivity index (χ1v) is 10.2.